The predicted octanol–water partition coefficient (Wildman–Crippen LogP) is 0.413. The lowest BCUT2D eigenvalue weighted by Gasteiger charge is -2.33. The molecule has 0 spiro atoms. The minimum absolute atomic E-state index is 0.0661. The highest BCUT2D eigenvalue weighted by Crippen LogP contribution is 2.13. The van der Waals surface area contributed by atoms with E-state index in [9.17, 15) is 4.79 Å². The molecular formula is C19H33N7O. The van der Waals surface area contributed by atoms with E-state index in [-0.39, 0.29) is 18.0 Å². The van der Waals surface area contributed by atoms with Gasteiger partial charge in [0.15, 0.2) is 5.96 Å². The molecule has 3 N–H and O–H groups in total. The maximum absolute atomic E-state index is 11.9. The van der Waals surface area contributed by atoms with Gasteiger partial charge in [0.25, 0.3) is 0 Å². The first-order valence-corrected chi connectivity index (χ1v) is 9.41. The lowest BCUT2D eigenvalue weighted by atomic mass is 10.1. The Balaban J connectivity index is 1.78. The zero-order chi connectivity index (χ0) is 19.9. The number of nitrogens with one attached hydrogen (secondary N) is 3. The van der Waals surface area contributed by atoms with E-state index in [2.05, 4.69) is 54.9 Å². The molecule has 0 bridgehead atoms. The summed E-state index contributed by atoms with van der Waals surface area (Å²) in [6.07, 6.45) is 1.89. The second-order valence-corrected chi connectivity index (χ2v) is 7.89. The van der Waals surface area contributed by atoms with Crippen LogP contribution in [0.2, 0.25) is 0 Å². The fraction of sp³-hybridized carbons (Fsp3) is 0.632. The number of hydrogen-bond donors (Lipinski definition) is 3. The summed E-state index contributed by atoms with van der Waals surface area (Å²) in [5.74, 6) is 1.54. The first-order valence-electron chi connectivity index (χ1n) is 9.41. The Morgan fingerprint density at radius 2 is 1.89 bits per heavy atom. The molecule has 0 radical (unpaired) electrons. The number of pyridine rings is 1. The quantitative estimate of drug-likeness (QED) is 0.511. The highest BCUT2D eigenvalue weighted by molar-refractivity contribution is 5.86. The summed E-state index contributed by atoms with van der Waals surface area (Å²) in [5, 5.41) is 9.14. The van der Waals surface area contributed by atoms with Crippen LogP contribution in [0.15, 0.2) is 23.3 Å². The zero-order valence-corrected chi connectivity index (χ0v) is 17.2. The monoisotopic (exact) mass is 375 g/mol. The van der Waals surface area contributed by atoms with Gasteiger partial charge in [-0.2, -0.15) is 0 Å². The van der Waals surface area contributed by atoms with Crippen LogP contribution < -0.4 is 20.9 Å². The van der Waals surface area contributed by atoms with Crippen molar-refractivity contribution in [3.8, 4) is 0 Å². The summed E-state index contributed by atoms with van der Waals surface area (Å²) in [6.45, 7) is 10.8. The van der Waals surface area contributed by atoms with Crippen LogP contribution in [0.25, 0.3) is 0 Å². The molecule has 2 rings (SSSR count). The van der Waals surface area contributed by atoms with Gasteiger partial charge in [0.2, 0.25) is 5.91 Å². The van der Waals surface area contributed by atoms with Crippen LogP contribution in [0, 0.1) is 0 Å². The Bertz CT molecular complexity index is 628. The van der Waals surface area contributed by atoms with E-state index in [1.807, 2.05) is 27.0 Å². The van der Waals surface area contributed by atoms with Crippen LogP contribution in [0.3, 0.4) is 0 Å². The topological polar surface area (TPSA) is 84.9 Å². The van der Waals surface area contributed by atoms with Crippen LogP contribution >= 0.6 is 0 Å². The summed E-state index contributed by atoms with van der Waals surface area (Å²) >= 11 is 0. The molecule has 1 aromatic heterocycles. The molecule has 0 atom stereocenters. The second kappa shape index (κ2) is 9.55. The fourth-order valence-corrected chi connectivity index (χ4v) is 2.78. The van der Waals surface area contributed by atoms with Crippen molar-refractivity contribution in [1.82, 2.24) is 25.8 Å². The van der Waals surface area contributed by atoms with Gasteiger partial charge in [0.05, 0.1) is 6.54 Å². The van der Waals surface area contributed by atoms with E-state index in [0.717, 1.165) is 37.6 Å². The lowest BCUT2D eigenvalue weighted by Crippen LogP contribution is -2.48. The summed E-state index contributed by atoms with van der Waals surface area (Å²) in [4.78, 5) is 25.3. The number of anilines is 1. The molecule has 0 aliphatic carbocycles. The van der Waals surface area contributed by atoms with Crippen molar-refractivity contribution in [3.05, 3.63) is 23.9 Å². The van der Waals surface area contributed by atoms with Crippen molar-refractivity contribution < 1.29 is 4.79 Å². The third-order valence-corrected chi connectivity index (χ3v) is 4.25. The number of nitrogens with zero attached hydrogens (tertiary/aromatic N) is 4. The Morgan fingerprint density at radius 1 is 1.19 bits per heavy atom. The van der Waals surface area contributed by atoms with Crippen molar-refractivity contribution in [1.29, 1.82) is 0 Å². The summed E-state index contributed by atoms with van der Waals surface area (Å²) in [6, 6.07) is 4.14. The molecule has 1 saturated heterocycles. The molecule has 1 aliphatic rings. The molecule has 8 nitrogen and oxygen atoms in total. The van der Waals surface area contributed by atoms with Gasteiger partial charge < -0.3 is 25.8 Å². The molecule has 8 heteroatoms. The molecule has 0 unspecified atom stereocenters. The highest BCUT2D eigenvalue weighted by Gasteiger charge is 2.15. The summed E-state index contributed by atoms with van der Waals surface area (Å²) < 4.78 is 0. The number of piperazine rings is 1. The van der Waals surface area contributed by atoms with E-state index in [1.165, 1.54) is 0 Å². The molecule has 1 aliphatic heterocycles. The number of carbonyl (C=O) groups is 1. The minimum atomic E-state index is -0.243. The number of aliphatic imine (C=N–C) groups is 1. The molecule has 2 heterocycles. The molecule has 27 heavy (non-hydrogen) atoms. The SMILES string of the molecule is CN=C(NCC(=O)NC(C)(C)C)NCc1ccc(N2CCN(C)CC2)nc1. The van der Waals surface area contributed by atoms with Crippen LogP contribution in [-0.4, -0.2) is 74.1 Å². The van der Waals surface area contributed by atoms with Gasteiger partial charge in [-0.1, -0.05) is 6.07 Å². The number of likely N-dealkylation sites (N-methyl/N-ethyl adjacent to an activating group) is 1. The number of carbonyl (C=O) groups excluding carboxylic acids is 1. The molecular weight excluding hydrogens is 342 g/mol. The van der Waals surface area contributed by atoms with Gasteiger partial charge in [-0.3, -0.25) is 9.79 Å². The van der Waals surface area contributed by atoms with Gasteiger partial charge in [0, 0.05) is 51.5 Å². The molecule has 1 amide bonds. The van der Waals surface area contributed by atoms with Crippen molar-refractivity contribution in [2.24, 2.45) is 4.99 Å². The van der Waals surface area contributed by atoms with E-state index < -0.39 is 0 Å². The Kier molecular flexibility index (Phi) is 7.41. The number of amides is 1. The van der Waals surface area contributed by atoms with Gasteiger partial charge in [-0.25, -0.2) is 4.98 Å². The maximum atomic E-state index is 11.9. The first kappa shape index (κ1) is 21.0. The molecule has 0 saturated carbocycles. The van der Waals surface area contributed by atoms with Crippen LogP contribution in [-0.2, 0) is 11.3 Å². The van der Waals surface area contributed by atoms with E-state index >= 15 is 0 Å². The number of guanidine groups is 1. The van der Waals surface area contributed by atoms with Crippen LogP contribution in [0.4, 0.5) is 5.82 Å². The summed E-state index contributed by atoms with van der Waals surface area (Å²) in [5.41, 5.74) is 0.822. The minimum Gasteiger partial charge on any atom is -0.354 e. The average Bonchev–Trinajstić information content (AvgIpc) is 2.61. The average molecular weight is 376 g/mol. The van der Waals surface area contributed by atoms with Gasteiger partial charge >= 0.3 is 0 Å². The highest BCUT2D eigenvalue weighted by atomic mass is 16.2. The number of hydrogen-bond acceptors (Lipinski definition) is 5. The Hall–Kier alpha value is -2.35. The zero-order valence-electron chi connectivity index (χ0n) is 17.2. The third kappa shape index (κ3) is 7.42. The maximum Gasteiger partial charge on any atom is 0.239 e. The molecule has 1 fully saturated rings. The number of aromatic nitrogens is 1. The predicted molar refractivity (Wildman–Crippen MR) is 110 cm³/mol. The van der Waals surface area contributed by atoms with Gasteiger partial charge in [-0.05, 0) is 39.4 Å². The van der Waals surface area contributed by atoms with Crippen LogP contribution in [0.5, 0.6) is 0 Å². The van der Waals surface area contributed by atoms with Crippen molar-refractivity contribution in [2.45, 2.75) is 32.9 Å². The van der Waals surface area contributed by atoms with Crippen LogP contribution in [0.1, 0.15) is 26.3 Å². The fourth-order valence-electron chi connectivity index (χ4n) is 2.78. The Morgan fingerprint density at radius 3 is 2.44 bits per heavy atom. The van der Waals surface area contributed by atoms with Crippen molar-refractivity contribution >= 4 is 17.7 Å². The van der Waals surface area contributed by atoms with Gasteiger partial charge in [0.1, 0.15) is 5.82 Å². The lowest BCUT2D eigenvalue weighted by molar-refractivity contribution is -0.121. The number of rotatable bonds is 5. The van der Waals surface area contributed by atoms with E-state index in [0.29, 0.717) is 12.5 Å². The molecule has 0 aromatic carbocycles. The molecule has 150 valence electrons. The van der Waals surface area contributed by atoms with E-state index in [1.54, 1.807) is 7.05 Å². The second-order valence-electron chi connectivity index (χ2n) is 7.89. The standard InChI is InChI=1S/C19H33N7O/c1-19(2,3)24-17(27)14-23-18(20-4)22-13-15-6-7-16(21-12-15)26-10-8-25(5)9-11-26/h6-7,12H,8-11,13-14H2,1-5H3,(H,24,27)(H2,20,22,23). The first-order chi connectivity index (χ1) is 12.8. The normalized spacial score (nSPS) is 16.2. The Labute approximate surface area is 162 Å². The van der Waals surface area contributed by atoms with Crippen molar-refractivity contribution in [3.63, 3.8) is 0 Å². The smallest absolute Gasteiger partial charge is 0.239 e. The molecule has 1 aromatic rings. The van der Waals surface area contributed by atoms with Crippen molar-refractivity contribution in [2.75, 3.05) is 51.7 Å². The summed E-state index contributed by atoms with van der Waals surface area (Å²) in [7, 11) is 3.83. The third-order valence-electron chi connectivity index (χ3n) is 4.25. The van der Waals surface area contributed by atoms with E-state index in [4.69, 9.17) is 0 Å². The largest absolute Gasteiger partial charge is 0.354 e. The van der Waals surface area contributed by atoms with Gasteiger partial charge in [-0.15, -0.1) is 0 Å².